The first-order valence-corrected chi connectivity index (χ1v) is 15.1. The second-order valence-corrected chi connectivity index (χ2v) is 12.2. The lowest BCUT2D eigenvalue weighted by molar-refractivity contribution is -0.145. The normalized spacial score (nSPS) is 23.7. The average Bonchev–Trinajstić information content (AvgIpc) is 3.66. The first-order valence-electron chi connectivity index (χ1n) is 14.3. The van der Waals surface area contributed by atoms with Gasteiger partial charge in [0.25, 0.3) is 0 Å². The molecule has 222 valence electrons. The highest BCUT2D eigenvalue weighted by atomic mass is 32.1. The largest absolute Gasteiger partial charge is 0.496 e. The van der Waals surface area contributed by atoms with E-state index in [4.69, 9.17) is 18.6 Å². The van der Waals surface area contributed by atoms with Gasteiger partial charge in [-0.1, -0.05) is 24.6 Å². The molecule has 1 amide bonds. The van der Waals surface area contributed by atoms with Crippen molar-refractivity contribution in [2.45, 2.75) is 57.7 Å². The number of nitrogens with zero attached hydrogens (tertiary/aromatic N) is 2. The van der Waals surface area contributed by atoms with E-state index in [9.17, 15) is 19.5 Å². The number of thiophene rings is 1. The summed E-state index contributed by atoms with van der Waals surface area (Å²) in [4.78, 5) is 47.7. The monoisotopic (exact) mass is 594 g/mol. The van der Waals surface area contributed by atoms with Crippen molar-refractivity contribution in [2.24, 2.45) is 11.3 Å². The van der Waals surface area contributed by atoms with Crippen LogP contribution in [0.4, 0.5) is 5.00 Å². The minimum absolute atomic E-state index is 0.0281. The number of carboxylic acids is 1. The molecule has 0 radical (unpaired) electrons. The second kappa shape index (κ2) is 11.6. The molecule has 3 atom stereocenters. The molecule has 10 nitrogen and oxygen atoms in total. The number of ketones is 1. The molecule has 1 N–H and O–H groups in total. The lowest BCUT2D eigenvalue weighted by Gasteiger charge is -2.44. The van der Waals surface area contributed by atoms with Crippen molar-refractivity contribution < 1.29 is 38.1 Å². The zero-order valence-electron chi connectivity index (χ0n) is 23.7. The highest BCUT2D eigenvalue weighted by Gasteiger charge is 2.57. The molecule has 3 aromatic rings. The molecule has 1 aromatic carbocycles. The van der Waals surface area contributed by atoms with Gasteiger partial charge in [0, 0.05) is 18.8 Å². The highest BCUT2D eigenvalue weighted by molar-refractivity contribution is 7.20. The van der Waals surface area contributed by atoms with E-state index in [1.807, 2.05) is 31.2 Å². The number of hydrogen-bond acceptors (Lipinski definition) is 9. The van der Waals surface area contributed by atoms with E-state index in [-0.39, 0.29) is 30.8 Å². The standard InChI is InChI=1S/C31H34N2O8S/c1-18-24-26(34)31(11-5-6-19(16-31)29(35)36)30(37)33(28(24)42-25(18)27-32-12-15-40-27)17-23(41-20-9-13-39-14-10-20)21-7-3-4-8-22(21)38-2/h3-4,7-8,12,15,19-20,23H,5-6,9-11,13-14,16-17H2,1-2H3,(H,35,36). The first-order chi connectivity index (χ1) is 20.3. The molecule has 1 saturated carbocycles. The third kappa shape index (κ3) is 4.93. The third-order valence-corrected chi connectivity index (χ3v) is 10.1. The molecular formula is C31H34N2O8S. The SMILES string of the molecule is COc1ccccc1C(CN1C(=O)C2(CCCC(C(=O)O)C2)C(=O)c2c1sc(-c1ncco1)c2C)OC1CCOCC1. The van der Waals surface area contributed by atoms with Gasteiger partial charge in [-0.3, -0.25) is 19.3 Å². The van der Waals surface area contributed by atoms with Crippen LogP contribution in [0.1, 0.15) is 66.1 Å². The summed E-state index contributed by atoms with van der Waals surface area (Å²) in [5, 5.41) is 10.4. The number of carboxylic acid groups (broad SMARTS) is 1. The summed E-state index contributed by atoms with van der Waals surface area (Å²) in [5.41, 5.74) is 0.442. The zero-order chi connectivity index (χ0) is 29.4. The van der Waals surface area contributed by atoms with Gasteiger partial charge in [-0.05, 0) is 50.7 Å². The molecule has 0 bridgehead atoms. The van der Waals surface area contributed by atoms with E-state index < -0.39 is 23.4 Å². The summed E-state index contributed by atoms with van der Waals surface area (Å²) in [7, 11) is 1.60. The van der Waals surface area contributed by atoms with Crippen LogP contribution in [0.5, 0.6) is 5.75 Å². The van der Waals surface area contributed by atoms with Crippen LogP contribution in [-0.4, -0.2) is 60.7 Å². The summed E-state index contributed by atoms with van der Waals surface area (Å²) in [6.45, 7) is 3.14. The van der Waals surface area contributed by atoms with Crippen LogP contribution in [0.3, 0.4) is 0 Å². The van der Waals surface area contributed by atoms with Gasteiger partial charge in [-0.25, -0.2) is 4.98 Å². The fourth-order valence-corrected chi connectivity index (χ4v) is 7.84. The number of hydrogen-bond donors (Lipinski definition) is 1. The van der Waals surface area contributed by atoms with Crippen LogP contribution in [-0.2, 0) is 19.1 Å². The van der Waals surface area contributed by atoms with Crippen LogP contribution in [0, 0.1) is 18.3 Å². The molecule has 3 aliphatic rings. The summed E-state index contributed by atoms with van der Waals surface area (Å²) >= 11 is 1.29. The molecule has 11 heteroatoms. The lowest BCUT2D eigenvalue weighted by Crippen LogP contribution is -2.56. The number of amides is 1. The molecule has 1 aliphatic carbocycles. The quantitative estimate of drug-likeness (QED) is 0.339. The van der Waals surface area contributed by atoms with E-state index in [1.165, 1.54) is 23.8 Å². The maximum atomic E-state index is 14.6. The van der Waals surface area contributed by atoms with Gasteiger partial charge in [-0.2, -0.15) is 0 Å². The van der Waals surface area contributed by atoms with Crippen LogP contribution in [0.25, 0.3) is 10.8 Å². The summed E-state index contributed by atoms with van der Waals surface area (Å²) in [6, 6.07) is 7.57. The van der Waals surface area contributed by atoms with Crippen molar-refractivity contribution in [3.63, 3.8) is 0 Å². The number of rotatable bonds is 8. The average molecular weight is 595 g/mol. The van der Waals surface area contributed by atoms with Crippen molar-refractivity contribution >= 4 is 34.0 Å². The van der Waals surface area contributed by atoms with E-state index in [0.717, 1.165) is 18.4 Å². The van der Waals surface area contributed by atoms with Crippen LogP contribution in [0.2, 0.25) is 0 Å². The van der Waals surface area contributed by atoms with E-state index >= 15 is 0 Å². The fraction of sp³-hybridized carbons (Fsp3) is 0.484. The van der Waals surface area contributed by atoms with Gasteiger partial charge in [0.15, 0.2) is 5.78 Å². The fourth-order valence-electron chi connectivity index (χ4n) is 6.59. The predicted molar refractivity (Wildman–Crippen MR) is 154 cm³/mol. The van der Waals surface area contributed by atoms with Crippen molar-refractivity contribution in [2.75, 3.05) is 31.8 Å². The number of anilines is 1. The van der Waals surface area contributed by atoms with E-state index in [2.05, 4.69) is 4.98 Å². The molecule has 1 saturated heterocycles. The van der Waals surface area contributed by atoms with Gasteiger partial charge in [-0.15, -0.1) is 11.3 Å². The number of aliphatic carboxylic acids is 1. The van der Waals surface area contributed by atoms with Crippen molar-refractivity contribution in [1.29, 1.82) is 0 Å². The number of oxazole rings is 1. The van der Waals surface area contributed by atoms with Gasteiger partial charge in [0.1, 0.15) is 28.5 Å². The van der Waals surface area contributed by atoms with Crippen molar-refractivity contribution in [3.05, 3.63) is 53.4 Å². The predicted octanol–water partition coefficient (Wildman–Crippen LogP) is 5.45. The smallest absolute Gasteiger partial charge is 0.306 e. The van der Waals surface area contributed by atoms with Gasteiger partial charge in [0.2, 0.25) is 11.8 Å². The Bertz CT molecular complexity index is 1480. The Kier molecular flexibility index (Phi) is 7.91. The number of para-hydroxylation sites is 1. The first kappa shape index (κ1) is 28.6. The number of aromatic nitrogens is 1. The molecular weight excluding hydrogens is 560 g/mol. The Morgan fingerprint density at radius 2 is 2.02 bits per heavy atom. The molecule has 6 rings (SSSR count). The minimum atomic E-state index is -1.46. The van der Waals surface area contributed by atoms with Gasteiger partial charge < -0.3 is 23.7 Å². The Balaban J connectivity index is 1.47. The van der Waals surface area contributed by atoms with Crippen molar-refractivity contribution in [3.8, 4) is 16.5 Å². The molecule has 2 aliphatic heterocycles. The van der Waals surface area contributed by atoms with E-state index in [0.29, 0.717) is 65.1 Å². The molecule has 42 heavy (non-hydrogen) atoms. The summed E-state index contributed by atoms with van der Waals surface area (Å²) < 4.78 is 23.5. The Morgan fingerprint density at radius 1 is 1.24 bits per heavy atom. The van der Waals surface area contributed by atoms with Crippen LogP contribution < -0.4 is 9.64 Å². The maximum absolute atomic E-state index is 14.6. The number of Topliss-reactive ketones (excluding diaryl/α,β-unsaturated/α-hetero) is 1. The molecule has 1 spiro atoms. The number of benzene rings is 1. The number of carbonyl (C=O) groups is 3. The van der Waals surface area contributed by atoms with E-state index in [1.54, 1.807) is 12.0 Å². The lowest BCUT2D eigenvalue weighted by atomic mass is 9.63. The number of fused-ring (bicyclic) bond motifs is 1. The number of methoxy groups -OCH3 is 1. The molecule has 2 fully saturated rings. The highest BCUT2D eigenvalue weighted by Crippen LogP contribution is 2.54. The Hall–Kier alpha value is -3.54. The summed E-state index contributed by atoms with van der Waals surface area (Å²) in [6.07, 6.45) is 4.98. The van der Waals surface area contributed by atoms with Gasteiger partial charge in [0.05, 0.1) is 42.3 Å². The Morgan fingerprint density at radius 3 is 2.74 bits per heavy atom. The van der Waals surface area contributed by atoms with Crippen LogP contribution in [0.15, 0.2) is 41.1 Å². The molecule has 4 heterocycles. The second-order valence-electron chi connectivity index (χ2n) is 11.2. The molecule has 3 unspecified atom stereocenters. The Labute approximate surface area is 247 Å². The minimum Gasteiger partial charge on any atom is -0.496 e. The zero-order valence-corrected chi connectivity index (χ0v) is 24.5. The molecule has 2 aromatic heterocycles. The number of ether oxygens (including phenoxy) is 3. The van der Waals surface area contributed by atoms with Gasteiger partial charge >= 0.3 is 5.97 Å². The van der Waals surface area contributed by atoms with Crippen LogP contribution >= 0.6 is 11.3 Å². The third-order valence-electron chi connectivity index (χ3n) is 8.78. The number of carbonyl (C=O) groups excluding carboxylic acids is 2. The van der Waals surface area contributed by atoms with Crippen molar-refractivity contribution in [1.82, 2.24) is 4.98 Å². The summed E-state index contributed by atoms with van der Waals surface area (Å²) in [5.74, 6) is -1.44. The maximum Gasteiger partial charge on any atom is 0.306 e. The topological polar surface area (TPSA) is 128 Å².